The summed E-state index contributed by atoms with van der Waals surface area (Å²) in [5.74, 6) is 0.911. The van der Waals surface area contributed by atoms with Crippen molar-refractivity contribution in [1.82, 2.24) is 25.7 Å². The highest BCUT2D eigenvalue weighted by Crippen LogP contribution is 2.30. The summed E-state index contributed by atoms with van der Waals surface area (Å²) in [4.78, 5) is 30.0. The number of rotatable bonds is 6. The lowest BCUT2D eigenvalue weighted by Gasteiger charge is -2.23. The van der Waals surface area contributed by atoms with Crippen LogP contribution in [-0.2, 0) is 11.2 Å². The molecule has 1 aliphatic rings. The molecule has 0 spiro atoms. The van der Waals surface area contributed by atoms with Crippen LogP contribution in [0.5, 0.6) is 0 Å². The Morgan fingerprint density at radius 1 is 1.25 bits per heavy atom. The summed E-state index contributed by atoms with van der Waals surface area (Å²) in [5, 5.41) is 9.73. The Kier molecular flexibility index (Phi) is 6.16. The second kappa shape index (κ2) is 8.12. The first kappa shape index (κ1) is 18.2. The van der Waals surface area contributed by atoms with Gasteiger partial charge in [0, 0.05) is 31.5 Å². The molecule has 2 heterocycles. The third-order valence-corrected chi connectivity index (χ3v) is 3.72. The number of nitrogens with one attached hydrogen (secondary N) is 2. The van der Waals surface area contributed by atoms with Gasteiger partial charge in [0.2, 0.25) is 11.8 Å². The van der Waals surface area contributed by atoms with Crippen LogP contribution in [0.2, 0.25) is 0 Å². The predicted molar refractivity (Wildman–Crippen MR) is 88.2 cm³/mol. The van der Waals surface area contributed by atoms with Gasteiger partial charge in [-0.1, -0.05) is 5.16 Å². The zero-order chi connectivity index (χ0) is 17.7. The Bertz CT molecular complexity index is 570. The maximum absolute atomic E-state index is 12.2. The molecule has 0 bridgehead atoms. The molecule has 1 aromatic rings. The molecule has 1 saturated heterocycles. The van der Waals surface area contributed by atoms with E-state index in [1.807, 2.05) is 27.7 Å². The highest BCUT2D eigenvalue weighted by atomic mass is 16.5. The number of aryl methyl sites for hydroxylation is 1. The third kappa shape index (κ3) is 4.94. The van der Waals surface area contributed by atoms with Crippen LogP contribution in [0.3, 0.4) is 0 Å². The Labute approximate surface area is 142 Å². The van der Waals surface area contributed by atoms with Crippen LogP contribution in [0.4, 0.5) is 4.79 Å². The van der Waals surface area contributed by atoms with E-state index < -0.39 is 0 Å². The minimum Gasteiger partial charge on any atom is -0.354 e. The minimum absolute atomic E-state index is 0.0384. The first-order chi connectivity index (χ1) is 11.4. The normalized spacial score (nSPS) is 17.6. The number of hydrogen-bond acceptors (Lipinski definition) is 5. The molecule has 0 radical (unpaired) electrons. The largest absolute Gasteiger partial charge is 0.354 e. The molecular weight excluding hydrogens is 310 g/mol. The molecular formula is C16H27N5O3. The molecule has 3 amide bonds. The van der Waals surface area contributed by atoms with Crippen molar-refractivity contribution in [2.75, 3.05) is 6.54 Å². The second-order valence-corrected chi connectivity index (χ2v) is 6.72. The quantitative estimate of drug-likeness (QED) is 0.824. The Morgan fingerprint density at radius 2 is 1.96 bits per heavy atom. The van der Waals surface area contributed by atoms with E-state index in [0.717, 1.165) is 12.8 Å². The van der Waals surface area contributed by atoms with Gasteiger partial charge in [0.1, 0.15) is 0 Å². The number of amides is 3. The minimum atomic E-state index is -0.161. The van der Waals surface area contributed by atoms with Crippen LogP contribution < -0.4 is 10.6 Å². The molecule has 1 atom stereocenters. The molecule has 1 aliphatic heterocycles. The van der Waals surface area contributed by atoms with Gasteiger partial charge in [-0.2, -0.15) is 4.98 Å². The van der Waals surface area contributed by atoms with E-state index in [1.165, 1.54) is 0 Å². The van der Waals surface area contributed by atoms with Gasteiger partial charge < -0.3 is 20.1 Å². The Balaban J connectivity index is 1.94. The molecule has 134 valence electrons. The number of hydrogen-bond donors (Lipinski definition) is 2. The van der Waals surface area contributed by atoms with Crippen molar-refractivity contribution in [2.24, 2.45) is 0 Å². The third-order valence-electron chi connectivity index (χ3n) is 3.72. The van der Waals surface area contributed by atoms with Crippen LogP contribution in [0.1, 0.15) is 64.7 Å². The van der Waals surface area contributed by atoms with Crippen molar-refractivity contribution < 1.29 is 14.1 Å². The molecule has 24 heavy (non-hydrogen) atoms. The number of aromatic nitrogens is 2. The van der Waals surface area contributed by atoms with Crippen LogP contribution >= 0.6 is 0 Å². The predicted octanol–water partition coefficient (Wildman–Crippen LogP) is 1.78. The van der Waals surface area contributed by atoms with Gasteiger partial charge in [-0.05, 0) is 40.5 Å². The fraction of sp³-hybridized carbons (Fsp3) is 0.750. The van der Waals surface area contributed by atoms with Crippen molar-refractivity contribution in [2.45, 2.75) is 71.5 Å². The summed E-state index contributed by atoms with van der Waals surface area (Å²) >= 11 is 0. The summed E-state index contributed by atoms with van der Waals surface area (Å²) in [6, 6.07) is -0.0674. The van der Waals surface area contributed by atoms with Gasteiger partial charge in [-0.3, -0.25) is 4.79 Å². The summed E-state index contributed by atoms with van der Waals surface area (Å²) in [5.41, 5.74) is 0. The number of nitrogens with zero attached hydrogens (tertiary/aromatic N) is 3. The summed E-state index contributed by atoms with van der Waals surface area (Å²) < 4.78 is 5.24. The molecule has 1 fully saturated rings. The van der Waals surface area contributed by atoms with E-state index in [1.54, 1.807) is 4.90 Å². The number of likely N-dealkylation sites (tertiary alicyclic amines) is 1. The van der Waals surface area contributed by atoms with E-state index in [2.05, 4.69) is 20.8 Å². The molecule has 0 aliphatic carbocycles. The van der Waals surface area contributed by atoms with Crippen LogP contribution in [-0.4, -0.2) is 45.6 Å². The van der Waals surface area contributed by atoms with Gasteiger partial charge in [0.15, 0.2) is 5.82 Å². The van der Waals surface area contributed by atoms with Crippen molar-refractivity contribution in [1.29, 1.82) is 0 Å². The topological polar surface area (TPSA) is 100 Å². The van der Waals surface area contributed by atoms with E-state index >= 15 is 0 Å². The fourth-order valence-corrected chi connectivity index (χ4v) is 2.73. The lowest BCUT2D eigenvalue weighted by atomic mass is 10.2. The molecule has 8 heteroatoms. The van der Waals surface area contributed by atoms with Crippen molar-refractivity contribution >= 4 is 11.9 Å². The first-order valence-electron chi connectivity index (χ1n) is 8.55. The van der Waals surface area contributed by atoms with E-state index in [4.69, 9.17) is 4.52 Å². The van der Waals surface area contributed by atoms with Crippen molar-refractivity contribution in [3.05, 3.63) is 11.7 Å². The fourth-order valence-electron chi connectivity index (χ4n) is 2.73. The zero-order valence-electron chi connectivity index (χ0n) is 14.8. The van der Waals surface area contributed by atoms with Gasteiger partial charge in [-0.25, -0.2) is 4.79 Å². The maximum Gasteiger partial charge on any atom is 0.318 e. The monoisotopic (exact) mass is 337 g/mol. The van der Waals surface area contributed by atoms with E-state index in [0.29, 0.717) is 31.1 Å². The van der Waals surface area contributed by atoms with E-state index in [9.17, 15) is 9.59 Å². The van der Waals surface area contributed by atoms with Gasteiger partial charge in [0.05, 0.1) is 6.04 Å². The smallest absolute Gasteiger partial charge is 0.318 e. The van der Waals surface area contributed by atoms with Crippen LogP contribution in [0.25, 0.3) is 0 Å². The summed E-state index contributed by atoms with van der Waals surface area (Å²) in [6.45, 7) is 8.37. The number of carbonyl (C=O) groups excluding carboxylic acids is 2. The molecule has 0 saturated carbocycles. The van der Waals surface area contributed by atoms with Crippen molar-refractivity contribution in [3.63, 3.8) is 0 Å². The van der Waals surface area contributed by atoms with E-state index in [-0.39, 0.29) is 30.1 Å². The molecule has 1 unspecified atom stereocenters. The molecule has 2 rings (SSSR count). The SMILES string of the molecule is CC(C)NC(=O)CCc1nc(C2CCCN2C(=O)NC(C)C)no1. The standard InChI is InChI=1S/C16H27N5O3/c1-10(2)17-13(22)7-8-14-19-15(20-24-14)12-6-5-9-21(12)16(23)18-11(3)4/h10-12H,5-9H2,1-4H3,(H,17,22)(H,18,23). The number of urea groups is 1. The van der Waals surface area contributed by atoms with Gasteiger partial charge >= 0.3 is 6.03 Å². The lowest BCUT2D eigenvalue weighted by Crippen LogP contribution is -2.42. The Morgan fingerprint density at radius 3 is 2.62 bits per heavy atom. The van der Waals surface area contributed by atoms with Crippen LogP contribution in [0, 0.1) is 0 Å². The molecule has 8 nitrogen and oxygen atoms in total. The molecule has 2 N–H and O–H groups in total. The Hall–Kier alpha value is -2.12. The average molecular weight is 337 g/mol. The highest BCUT2D eigenvalue weighted by molar-refractivity contribution is 5.76. The lowest BCUT2D eigenvalue weighted by molar-refractivity contribution is -0.121. The highest BCUT2D eigenvalue weighted by Gasteiger charge is 2.33. The van der Waals surface area contributed by atoms with Gasteiger partial charge in [0.25, 0.3) is 0 Å². The number of carbonyl (C=O) groups is 2. The maximum atomic E-state index is 12.2. The summed E-state index contributed by atoms with van der Waals surface area (Å²) in [6.07, 6.45) is 2.44. The second-order valence-electron chi connectivity index (χ2n) is 6.72. The average Bonchev–Trinajstić information content (AvgIpc) is 3.12. The zero-order valence-corrected chi connectivity index (χ0v) is 14.8. The summed E-state index contributed by atoms with van der Waals surface area (Å²) in [7, 11) is 0. The first-order valence-corrected chi connectivity index (χ1v) is 8.55. The van der Waals surface area contributed by atoms with Crippen molar-refractivity contribution in [3.8, 4) is 0 Å². The van der Waals surface area contributed by atoms with Crippen LogP contribution in [0.15, 0.2) is 4.52 Å². The molecule has 1 aromatic heterocycles. The van der Waals surface area contributed by atoms with Gasteiger partial charge in [-0.15, -0.1) is 0 Å². The molecule has 0 aromatic carbocycles.